The Morgan fingerprint density at radius 1 is 1.36 bits per heavy atom. The number of fused-ring (bicyclic) bond motifs is 1. The van der Waals surface area contributed by atoms with Gasteiger partial charge in [0.2, 0.25) is 0 Å². The van der Waals surface area contributed by atoms with Gasteiger partial charge in [-0.2, -0.15) is 5.10 Å². The number of nitrogens with zero attached hydrogens (tertiary/aromatic N) is 2. The summed E-state index contributed by atoms with van der Waals surface area (Å²) in [5, 5.41) is 6.78. The molecule has 2 heterocycles. The highest BCUT2D eigenvalue weighted by molar-refractivity contribution is 5.68. The van der Waals surface area contributed by atoms with Crippen LogP contribution in [0.25, 0.3) is 0 Å². The fraction of sp³-hybridized carbons (Fsp3) is 0.750. The van der Waals surface area contributed by atoms with Crippen molar-refractivity contribution in [2.24, 2.45) is 16.4 Å². The van der Waals surface area contributed by atoms with Gasteiger partial charge in [0.05, 0.1) is 0 Å². The van der Waals surface area contributed by atoms with Crippen LogP contribution in [0, 0.1) is 11.3 Å². The van der Waals surface area contributed by atoms with E-state index in [9.17, 15) is 0 Å². The van der Waals surface area contributed by atoms with Gasteiger partial charge < -0.3 is 0 Å². The zero-order chi connectivity index (χ0) is 10.3. The van der Waals surface area contributed by atoms with E-state index in [1.165, 1.54) is 18.5 Å². The molecular formula is C12H20N2. The molecule has 1 saturated heterocycles. The Hall–Kier alpha value is -0.790. The minimum Gasteiger partial charge on any atom is -0.267 e. The molecule has 0 aliphatic carbocycles. The molecule has 0 radical (unpaired) electrons. The molecule has 0 amide bonds. The molecule has 1 unspecified atom stereocenters. The zero-order valence-corrected chi connectivity index (χ0v) is 9.62. The van der Waals surface area contributed by atoms with E-state index in [1.807, 2.05) is 0 Å². The van der Waals surface area contributed by atoms with Gasteiger partial charge in [-0.3, -0.25) is 5.01 Å². The van der Waals surface area contributed by atoms with Gasteiger partial charge in [0, 0.05) is 23.4 Å². The van der Waals surface area contributed by atoms with Crippen molar-refractivity contribution >= 4 is 6.21 Å². The summed E-state index contributed by atoms with van der Waals surface area (Å²) in [6.45, 7) is 9.00. The predicted molar refractivity (Wildman–Crippen MR) is 60.1 cm³/mol. The molecule has 0 aromatic carbocycles. The van der Waals surface area contributed by atoms with Gasteiger partial charge in [-0.15, -0.1) is 0 Å². The molecule has 0 saturated carbocycles. The highest BCUT2D eigenvalue weighted by atomic mass is 15.5. The van der Waals surface area contributed by atoms with E-state index in [2.05, 4.69) is 50.1 Å². The number of hydrogen-bond acceptors (Lipinski definition) is 2. The molecule has 2 rings (SSSR count). The van der Waals surface area contributed by atoms with Crippen molar-refractivity contribution in [2.75, 3.05) is 0 Å². The summed E-state index contributed by atoms with van der Waals surface area (Å²) in [4.78, 5) is 0. The standard InChI is InChI=1S/C12H20N2/c1-9-5-6-10(2)14-11(9)7-12(3,4)8-13-14/h7-10H,5-6H2,1-4H3/t9-,10?/m1/s1. The Labute approximate surface area is 86.7 Å². The van der Waals surface area contributed by atoms with E-state index < -0.39 is 0 Å². The molecule has 2 heteroatoms. The average molecular weight is 192 g/mol. The van der Waals surface area contributed by atoms with E-state index in [4.69, 9.17) is 0 Å². The van der Waals surface area contributed by atoms with Crippen LogP contribution < -0.4 is 0 Å². The van der Waals surface area contributed by atoms with Crippen LogP contribution in [0.1, 0.15) is 40.5 Å². The monoisotopic (exact) mass is 192 g/mol. The fourth-order valence-electron chi connectivity index (χ4n) is 2.26. The minimum atomic E-state index is 0.136. The maximum atomic E-state index is 4.58. The number of piperidine rings is 1. The van der Waals surface area contributed by atoms with E-state index in [-0.39, 0.29) is 5.41 Å². The third-order valence-electron chi connectivity index (χ3n) is 3.24. The number of rotatable bonds is 0. The Balaban J connectivity index is 2.31. The molecule has 0 spiro atoms. The maximum Gasteiger partial charge on any atom is 0.0494 e. The van der Waals surface area contributed by atoms with E-state index in [1.54, 1.807) is 0 Å². The molecule has 0 aromatic rings. The van der Waals surface area contributed by atoms with Gasteiger partial charge in [-0.1, -0.05) is 26.8 Å². The van der Waals surface area contributed by atoms with Gasteiger partial charge in [0.1, 0.15) is 0 Å². The second kappa shape index (κ2) is 3.11. The summed E-state index contributed by atoms with van der Waals surface area (Å²) in [5.41, 5.74) is 1.56. The van der Waals surface area contributed by atoms with E-state index in [0.29, 0.717) is 12.0 Å². The Bertz CT molecular complexity index is 289. The molecule has 78 valence electrons. The molecule has 2 aliphatic rings. The summed E-state index contributed by atoms with van der Waals surface area (Å²) in [5.74, 6) is 0.669. The van der Waals surface area contributed by atoms with Crippen LogP contribution in [0.4, 0.5) is 0 Å². The largest absolute Gasteiger partial charge is 0.267 e. The summed E-state index contributed by atoms with van der Waals surface area (Å²) >= 11 is 0. The predicted octanol–water partition coefficient (Wildman–Crippen LogP) is 3.02. The number of allylic oxidation sites excluding steroid dienone is 2. The Morgan fingerprint density at radius 2 is 2.07 bits per heavy atom. The highest BCUT2D eigenvalue weighted by Gasteiger charge is 2.31. The lowest BCUT2D eigenvalue weighted by Crippen LogP contribution is -2.39. The first-order chi connectivity index (χ1) is 6.49. The first-order valence-electron chi connectivity index (χ1n) is 5.57. The molecule has 0 N–H and O–H groups in total. The lowest BCUT2D eigenvalue weighted by atomic mass is 9.85. The second-order valence-corrected chi connectivity index (χ2v) is 5.31. The van der Waals surface area contributed by atoms with Crippen LogP contribution >= 0.6 is 0 Å². The van der Waals surface area contributed by atoms with Gasteiger partial charge in [0.25, 0.3) is 0 Å². The average Bonchev–Trinajstić information content (AvgIpc) is 2.10. The van der Waals surface area contributed by atoms with Crippen molar-refractivity contribution < 1.29 is 0 Å². The topological polar surface area (TPSA) is 15.6 Å². The summed E-state index contributed by atoms with van der Waals surface area (Å²) < 4.78 is 0. The summed E-state index contributed by atoms with van der Waals surface area (Å²) in [7, 11) is 0. The van der Waals surface area contributed by atoms with Crippen molar-refractivity contribution in [1.29, 1.82) is 0 Å². The molecule has 2 atom stereocenters. The zero-order valence-electron chi connectivity index (χ0n) is 9.62. The van der Waals surface area contributed by atoms with Crippen LogP contribution in [-0.4, -0.2) is 17.3 Å². The smallest absolute Gasteiger partial charge is 0.0494 e. The van der Waals surface area contributed by atoms with Crippen LogP contribution in [-0.2, 0) is 0 Å². The quantitative estimate of drug-likeness (QED) is 0.576. The SMILES string of the molecule is CC1CC[C@@H](C)C2=CC(C)(C)C=NN21. The van der Waals surface area contributed by atoms with Crippen molar-refractivity contribution in [1.82, 2.24) is 5.01 Å². The first-order valence-corrected chi connectivity index (χ1v) is 5.57. The van der Waals surface area contributed by atoms with Crippen LogP contribution in [0.3, 0.4) is 0 Å². The van der Waals surface area contributed by atoms with Crippen LogP contribution in [0.2, 0.25) is 0 Å². The van der Waals surface area contributed by atoms with Crippen molar-refractivity contribution in [3.05, 3.63) is 11.8 Å². The van der Waals surface area contributed by atoms with Crippen LogP contribution in [0.5, 0.6) is 0 Å². The Kier molecular flexibility index (Phi) is 2.17. The first kappa shape index (κ1) is 9.75. The van der Waals surface area contributed by atoms with Gasteiger partial charge >= 0.3 is 0 Å². The molecule has 1 fully saturated rings. The van der Waals surface area contributed by atoms with Crippen molar-refractivity contribution in [3.8, 4) is 0 Å². The third-order valence-corrected chi connectivity index (χ3v) is 3.24. The highest BCUT2D eigenvalue weighted by Crippen LogP contribution is 2.36. The lowest BCUT2D eigenvalue weighted by molar-refractivity contribution is 0.180. The molecule has 0 bridgehead atoms. The summed E-state index contributed by atoms with van der Waals surface area (Å²) in [6.07, 6.45) is 7.00. The normalized spacial score (nSPS) is 35.1. The summed E-state index contributed by atoms with van der Waals surface area (Å²) in [6, 6.07) is 0.574. The molecule has 2 nitrogen and oxygen atoms in total. The third kappa shape index (κ3) is 1.58. The van der Waals surface area contributed by atoms with Crippen molar-refractivity contribution in [3.63, 3.8) is 0 Å². The molecular weight excluding hydrogens is 172 g/mol. The maximum absolute atomic E-state index is 4.58. The fourth-order valence-corrected chi connectivity index (χ4v) is 2.26. The van der Waals surface area contributed by atoms with Gasteiger partial charge in [-0.25, -0.2) is 0 Å². The van der Waals surface area contributed by atoms with E-state index >= 15 is 0 Å². The number of hydrazone groups is 1. The molecule has 2 aliphatic heterocycles. The van der Waals surface area contributed by atoms with Gasteiger partial charge in [0.15, 0.2) is 0 Å². The molecule has 14 heavy (non-hydrogen) atoms. The van der Waals surface area contributed by atoms with Crippen molar-refractivity contribution in [2.45, 2.75) is 46.6 Å². The number of hydrogen-bond donors (Lipinski definition) is 0. The van der Waals surface area contributed by atoms with Gasteiger partial charge in [-0.05, 0) is 25.7 Å². The molecule has 0 aromatic heterocycles. The lowest BCUT2D eigenvalue weighted by Gasteiger charge is -2.41. The minimum absolute atomic E-state index is 0.136. The Morgan fingerprint density at radius 3 is 2.79 bits per heavy atom. The van der Waals surface area contributed by atoms with Crippen LogP contribution in [0.15, 0.2) is 16.9 Å². The van der Waals surface area contributed by atoms with E-state index in [0.717, 1.165) is 0 Å². The second-order valence-electron chi connectivity index (χ2n) is 5.31.